The van der Waals surface area contributed by atoms with Gasteiger partial charge in [-0.1, -0.05) is 13.8 Å². The van der Waals surface area contributed by atoms with Gasteiger partial charge >= 0.3 is 0 Å². The predicted octanol–water partition coefficient (Wildman–Crippen LogP) is 3.83. The van der Waals surface area contributed by atoms with Gasteiger partial charge in [0.2, 0.25) is 0 Å². The van der Waals surface area contributed by atoms with Gasteiger partial charge in [-0.15, -0.1) is 0 Å². The van der Waals surface area contributed by atoms with Crippen LogP contribution in [0.15, 0.2) is 24.3 Å². The lowest BCUT2D eigenvalue weighted by Crippen LogP contribution is -2.43. The molecule has 19 heavy (non-hydrogen) atoms. The van der Waals surface area contributed by atoms with E-state index in [2.05, 4.69) is 25.2 Å². The minimum absolute atomic E-state index is 0.425. The zero-order valence-corrected chi connectivity index (χ0v) is 11.9. The molecule has 0 aromatic heterocycles. The Hall–Kier alpha value is -1.69. The standard InChI is InChI=1S/C16H22N2O/c1-12-8-13(2)10-16(9-12,11-17)18-14-4-6-15(19-3)7-5-14/h4-7,12-13,18H,8-10H2,1-3H3. The normalized spacial score (nSPS) is 30.4. The van der Waals surface area contributed by atoms with E-state index >= 15 is 0 Å². The highest BCUT2D eigenvalue weighted by molar-refractivity contribution is 5.50. The number of nitrogens with one attached hydrogen (secondary N) is 1. The average molecular weight is 258 g/mol. The molecule has 0 aliphatic heterocycles. The van der Waals surface area contributed by atoms with Crippen LogP contribution in [0.3, 0.4) is 0 Å². The molecule has 1 aliphatic rings. The van der Waals surface area contributed by atoms with Crippen molar-refractivity contribution in [1.29, 1.82) is 5.26 Å². The Bertz CT molecular complexity index is 451. The summed E-state index contributed by atoms with van der Waals surface area (Å²) in [7, 11) is 1.66. The van der Waals surface area contributed by atoms with Gasteiger partial charge in [0.1, 0.15) is 11.3 Å². The minimum Gasteiger partial charge on any atom is -0.497 e. The number of rotatable bonds is 3. The van der Waals surface area contributed by atoms with Crippen molar-refractivity contribution in [3.63, 3.8) is 0 Å². The lowest BCUT2D eigenvalue weighted by molar-refractivity contribution is 0.240. The van der Waals surface area contributed by atoms with Crippen molar-refractivity contribution >= 4 is 5.69 Å². The molecule has 1 aromatic carbocycles. The van der Waals surface area contributed by atoms with Crippen molar-refractivity contribution in [2.24, 2.45) is 11.8 Å². The second kappa shape index (κ2) is 5.52. The Morgan fingerprint density at radius 3 is 2.26 bits per heavy atom. The van der Waals surface area contributed by atoms with Crippen LogP contribution < -0.4 is 10.1 Å². The summed E-state index contributed by atoms with van der Waals surface area (Å²) in [4.78, 5) is 0. The van der Waals surface area contributed by atoms with Crippen molar-refractivity contribution in [2.75, 3.05) is 12.4 Å². The lowest BCUT2D eigenvalue weighted by Gasteiger charge is -2.39. The number of nitriles is 1. The van der Waals surface area contributed by atoms with E-state index in [0.29, 0.717) is 11.8 Å². The quantitative estimate of drug-likeness (QED) is 0.896. The van der Waals surface area contributed by atoms with Gasteiger partial charge in [-0.25, -0.2) is 0 Å². The molecule has 0 radical (unpaired) electrons. The molecule has 0 saturated heterocycles. The molecule has 1 saturated carbocycles. The number of methoxy groups -OCH3 is 1. The van der Waals surface area contributed by atoms with Crippen LogP contribution in [0.25, 0.3) is 0 Å². The molecular formula is C16H22N2O. The first-order valence-corrected chi connectivity index (χ1v) is 6.90. The molecule has 0 amide bonds. The lowest BCUT2D eigenvalue weighted by atomic mass is 9.72. The molecule has 3 heteroatoms. The average Bonchev–Trinajstić information content (AvgIpc) is 2.38. The molecule has 0 bridgehead atoms. The molecule has 1 aliphatic carbocycles. The van der Waals surface area contributed by atoms with Crippen LogP contribution in [-0.4, -0.2) is 12.6 Å². The molecule has 3 nitrogen and oxygen atoms in total. The second-order valence-electron chi connectivity index (χ2n) is 5.90. The third kappa shape index (κ3) is 3.20. The van der Waals surface area contributed by atoms with Crippen LogP contribution in [0.2, 0.25) is 0 Å². The SMILES string of the molecule is COc1ccc(NC2(C#N)CC(C)CC(C)C2)cc1. The van der Waals surface area contributed by atoms with Gasteiger partial charge in [0.05, 0.1) is 13.2 Å². The van der Waals surface area contributed by atoms with Crippen LogP contribution in [0.4, 0.5) is 5.69 Å². The van der Waals surface area contributed by atoms with E-state index in [-0.39, 0.29) is 0 Å². The Morgan fingerprint density at radius 1 is 1.21 bits per heavy atom. The van der Waals surface area contributed by atoms with Crippen molar-refractivity contribution < 1.29 is 4.74 Å². The van der Waals surface area contributed by atoms with Gasteiger partial charge in [-0.2, -0.15) is 5.26 Å². The Balaban J connectivity index is 2.15. The summed E-state index contributed by atoms with van der Waals surface area (Å²) in [6.45, 7) is 4.47. The summed E-state index contributed by atoms with van der Waals surface area (Å²) in [5.74, 6) is 2.02. The van der Waals surface area contributed by atoms with Crippen molar-refractivity contribution in [3.8, 4) is 11.8 Å². The molecule has 0 heterocycles. The molecule has 2 unspecified atom stereocenters. The van der Waals surface area contributed by atoms with Crippen molar-refractivity contribution in [3.05, 3.63) is 24.3 Å². The van der Waals surface area contributed by atoms with E-state index in [4.69, 9.17) is 4.74 Å². The largest absolute Gasteiger partial charge is 0.497 e. The van der Waals surface area contributed by atoms with E-state index in [1.165, 1.54) is 6.42 Å². The summed E-state index contributed by atoms with van der Waals surface area (Å²) in [6.07, 6.45) is 3.05. The van der Waals surface area contributed by atoms with E-state index in [9.17, 15) is 5.26 Å². The summed E-state index contributed by atoms with van der Waals surface area (Å²) >= 11 is 0. The van der Waals surface area contributed by atoms with E-state index in [1.54, 1.807) is 7.11 Å². The fraction of sp³-hybridized carbons (Fsp3) is 0.562. The highest BCUT2D eigenvalue weighted by Gasteiger charge is 2.38. The van der Waals surface area contributed by atoms with Crippen LogP contribution in [0.5, 0.6) is 5.75 Å². The maximum Gasteiger partial charge on any atom is 0.125 e. The summed E-state index contributed by atoms with van der Waals surface area (Å²) in [5, 5.41) is 13.0. The number of benzene rings is 1. The van der Waals surface area contributed by atoms with Crippen LogP contribution in [0.1, 0.15) is 33.1 Å². The van der Waals surface area contributed by atoms with Gasteiger partial charge in [0.15, 0.2) is 0 Å². The maximum absolute atomic E-state index is 9.60. The van der Waals surface area contributed by atoms with Gasteiger partial charge < -0.3 is 10.1 Å². The number of ether oxygens (including phenoxy) is 1. The summed E-state index contributed by atoms with van der Waals surface area (Å²) < 4.78 is 5.15. The van der Waals surface area contributed by atoms with Crippen LogP contribution in [-0.2, 0) is 0 Å². The summed E-state index contributed by atoms with van der Waals surface area (Å²) in [6, 6.07) is 10.3. The monoisotopic (exact) mass is 258 g/mol. The van der Waals surface area contributed by atoms with Crippen molar-refractivity contribution in [1.82, 2.24) is 0 Å². The maximum atomic E-state index is 9.60. The first-order chi connectivity index (χ1) is 9.07. The number of hydrogen-bond acceptors (Lipinski definition) is 3. The fourth-order valence-corrected chi connectivity index (χ4v) is 3.30. The molecule has 0 spiro atoms. The van der Waals surface area contributed by atoms with Gasteiger partial charge in [0, 0.05) is 5.69 Å². The highest BCUT2D eigenvalue weighted by atomic mass is 16.5. The molecule has 1 N–H and O–H groups in total. The first-order valence-electron chi connectivity index (χ1n) is 6.90. The number of hydrogen-bond donors (Lipinski definition) is 1. The zero-order chi connectivity index (χ0) is 13.9. The third-order valence-electron chi connectivity index (χ3n) is 3.89. The topological polar surface area (TPSA) is 45.0 Å². The first kappa shape index (κ1) is 13.7. The summed E-state index contributed by atoms with van der Waals surface area (Å²) in [5.41, 5.74) is 0.565. The van der Waals surface area contributed by atoms with Crippen LogP contribution in [0, 0.1) is 23.2 Å². The Kier molecular flexibility index (Phi) is 3.99. The fourth-order valence-electron chi connectivity index (χ4n) is 3.30. The molecule has 1 aromatic rings. The third-order valence-corrected chi connectivity index (χ3v) is 3.89. The van der Waals surface area contributed by atoms with E-state index in [0.717, 1.165) is 24.3 Å². The van der Waals surface area contributed by atoms with E-state index in [1.807, 2.05) is 24.3 Å². The van der Waals surface area contributed by atoms with Gasteiger partial charge in [0.25, 0.3) is 0 Å². The van der Waals surface area contributed by atoms with Gasteiger partial charge in [-0.05, 0) is 55.4 Å². The van der Waals surface area contributed by atoms with Gasteiger partial charge in [-0.3, -0.25) is 0 Å². The minimum atomic E-state index is -0.425. The Morgan fingerprint density at radius 2 is 1.79 bits per heavy atom. The number of nitrogens with zero attached hydrogens (tertiary/aromatic N) is 1. The molecule has 2 atom stereocenters. The van der Waals surface area contributed by atoms with Crippen molar-refractivity contribution in [2.45, 2.75) is 38.6 Å². The predicted molar refractivity (Wildman–Crippen MR) is 77.1 cm³/mol. The highest BCUT2D eigenvalue weighted by Crippen LogP contribution is 2.38. The smallest absolute Gasteiger partial charge is 0.125 e. The molecule has 102 valence electrons. The molecular weight excluding hydrogens is 236 g/mol. The second-order valence-corrected chi connectivity index (χ2v) is 5.90. The molecule has 2 rings (SSSR count). The zero-order valence-electron chi connectivity index (χ0n) is 11.9. The van der Waals surface area contributed by atoms with Crippen LogP contribution >= 0.6 is 0 Å². The number of anilines is 1. The molecule has 1 fully saturated rings. The van der Waals surface area contributed by atoms with E-state index < -0.39 is 5.54 Å². The Labute approximate surface area is 115 Å².